The smallest absolute Gasteiger partial charge is 0.407 e. The molecule has 21 heavy (non-hydrogen) atoms. The molecular formula is C15H22N2O4. The normalized spacial score (nSPS) is 10.8. The molecule has 0 fully saturated rings. The van der Waals surface area contributed by atoms with E-state index in [-0.39, 0.29) is 6.42 Å². The van der Waals surface area contributed by atoms with Crippen molar-refractivity contribution in [3.8, 4) is 0 Å². The highest BCUT2D eigenvalue weighted by Gasteiger charge is 2.15. The summed E-state index contributed by atoms with van der Waals surface area (Å²) in [5, 5.41) is 14.2. The van der Waals surface area contributed by atoms with Crippen molar-refractivity contribution in [1.29, 1.82) is 0 Å². The van der Waals surface area contributed by atoms with Crippen LogP contribution in [0.25, 0.3) is 0 Å². The maximum atomic E-state index is 11.5. The summed E-state index contributed by atoms with van der Waals surface area (Å²) in [6.07, 6.45) is -0.381. The Labute approximate surface area is 124 Å². The molecule has 0 aliphatic heterocycles. The van der Waals surface area contributed by atoms with Crippen molar-refractivity contribution in [2.75, 3.05) is 11.9 Å². The first-order chi connectivity index (χ1) is 9.76. The molecule has 1 aromatic rings. The van der Waals surface area contributed by atoms with Gasteiger partial charge in [-0.3, -0.25) is 4.79 Å². The van der Waals surface area contributed by atoms with Crippen LogP contribution < -0.4 is 10.6 Å². The number of ether oxygens (including phenoxy) is 1. The minimum absolute atomic E-state index is 0.0714. The average molecular weight is 294 g/mol. The fraction of sp³-hybridized carbons (Fsp3) is 0.467. The molecule has 6 heteroatoms. The Morgan fingerprint density at radius 1 is 1.19 bits per heavy atom. The molecule has 0 bridgehead atoms. The molecule has 0 spiro atoms. The first-order valence-corrected chi connectivity index (χ1v) is 6.78. The number of benzene rings is 1. The molecule has 0 unspecified atom stereocenters. The van der Waals surface area contributed by atoms with Crippen molar-refractivity contribution < 1.29 is 19.4 Å². The summed E-state index contributed by atoms with van der Waals surface area (Å²) < 4.78 is 5.14. The number of carboxylic acids is 1. The van der Waals surface area contributed by atoms with Gasteiger partial charge in [0.15, 0.2) is 0 Å². The molecule has 0 aromatic heterocycles. The standard InChI is InChI=1S/C15H22N2O4/c1-15(2,3)21-14(20)17-10-11-4-6-12(7-5-11)16-9-8-13(18)19/h4-7,16H,8-10H2,1-3H3,(H,17,20)(H,18,19). The maximum absolute atomic E-state index is 11.5. The van der Waals surface area contributed by atoms with Crippen LogP contribution in [-0.4, -0.2) is 29.3 Å². The highest BCUT2D eigenvalue weighted by atomic mass is 16.6. The molecule has 116 valence electrons. The number of hydrogen-bond acceptors (Lipinski definition) is 4. The predicted octanol–water partition coefficient (Wildman–Crippen LogP) is 2.60. The molecular weight excluding hydrogens is 272 g/mol. The van der Waals surface area contributed by atoms with Crippen molar-refractivity contribution in [3.63, 3.8) is 0 Å². The van der Waals surface area contributed by atoms with E-state index in [9.17, 15) is 9.59 Å². The Bertz CT molecular complexity index is 477. The second-order valence-corrected chi connectivity index (χ2v) is 5.62. The number of aliphatic carboxylic acids is 1. The Morgan fingerprint density at radius 2 is 1.81 bits per heavy atom. The summed E-state index contributed by atoms with van der Waals surface area (Å²) in [6, 6.07) is 7.41. The Hall–Kier alpha value is -2.24. The number of anilines is 1. The number of carbonyl (C=O) groups is 2. The van der Waals surface area contributed by atoms with Crippen LogP contribution in [0.2, 0.25) is 0 Å². The van der Waals surface area contributed by atoms with Gasteiger partial charge >= 0.3 is 12.1 Å². The lowest BCUT2D eigenvalue weighted by Crippen LogP contribution is -2.32. The highest BCUT2D eigenvalue weighted by molar-refractivity contribution is 5.68. The summed E-state index contributed by atoms with van der Waals surface area (Å²) in [5.74, 6) is -0.833. The van der Waals surface area contributed by atoms with Crippen LogP contribution in [0.15, 0.2) is 24.3 Å². The van der Waals surface area contributed by atoms with E-state index < -0.39 is 17.7 Å². The summed E-state index contributed by atoms with van der Waals surface area (Å²) in [5.41, 5.74) is 1.27. The van der Waals surface area contributed by atoms with Crippen LogP contribution in [0.1, 0.15) is 32.8 Å². The lowest BCUT2D eigenvalue weighted by atomic mass is 10.2. The maximum Gasteiger partial charge on any atom is 0.407 e. The molecule has 6 nitrogen and oxygen atoms in total. The third-order valence-corrected chi connectivity index (χ3v) is 2.46. The van der Waals surface area contributed by atoms with Gasteiger partial charge in [0.05, 0.1) is 6.42 Å². The largest absolute Gasteiger partial charge is 0.481 e. The van der Waals surface area contributed by atoms with Crippen LogP contribution in [-0.2, 0) is 16.1 Å². The van der Waals surface area contributed by atoms with Gasteiger partial charge in [-0.05, 0) is 38.5 Å². The zero-order valence-corrected chi connectivity index (χ0v) is 12.6. The van der Waals surface area contributed by atoms with Crippen molar-refractivity contribution in [2.45, 2.75) is 39.3 Å². The topological polar surface area (TPSA) is 87.7 Å². The van der Waals surface area contributed by atoms with Gasteiger partial charge in [0.2, 0.25) is 0 Å². The minimum atomic E-state index is -0.833. The molecule has 1 rings (SSSR count). The van der Waals surface area contributed by atoms with Gasteiger partial charge in [-0.25, -0.2) is 4.79 Å². The number of carbonyl (C=O) groups excluding carboxylic acids is 1. The molecule has 1 aromatic carbocycles. The molecule has 1 amide bonds. The number of rotatable bonds is 6. The lowest BCUT2D eigenvalue weighted by Gasteiger charge is -2.19. The molecule has 0 atom stereocenters. The Morgan fingerprint density at radius 3 is 2.33 bits per heavy atom. The van der Waals surface area contributed by atoms with E-state index in [1.54, 1.807) is 0 Å². The van der Waals surface area contributed by atoms with E-state index in [0.717, 1.165) is 11.3 Å². The van der Waals surface area contributed by atoms with Crippen molar-refractivity contribution in [3.05, 3.63) is 29.8 Å². The second kappa shape index (κ2) is 7.52. The van der Waals surface area contributed by atoms with Gasteiger partial charge in [0, 0.05) is 18.8 Å². The molecule has 0 saturated carbocycles. The van der Waals surface area contributed by atoms with Crippen molar-refractivity contribution >= 4 is 17.7 Å². The fourth-order valence-electron chi connectivity index (χ4n) is 1.54. The SMILES string of the molecule is CC(C)(C)OC(=O)NCc1ccc(NCCC(=O)O)cc1. The van der Waals surface area contributed by atoms with Gasteiger partial charge in [0.1, 0.15) is 5.60 Å². The highest BCUT2D eigenvalue weighted by Crippen LogP contribution is 2.10. The number of hydrogen-bond donors (Lipinski definition) is 3. The van der Waals surface area contributed by atoms with E-state index in [1.807, 2.05) is 45.0 Å². The van der Waals surface area contributed by atoms with Gasteiger partial charge in [0.25, 0.3) is 0 Å². The summed E-state index contributed by atoms with van der Waals surface area (Å²) in [7, 11) is 0. The summed E-state index contributed by atoms with van der Waals surface area (Å²) in [4.78, 5) is 21.9. The molecule has 0 radical (unpaired) electrons. The van der Waals surface area contributed by atoms with E-state index in [4.69, 9.17) is 9.84 Å². The summed E-state index contributed by atoms with van der Waals surface area (Å²) >= 11 is 0. The lowest BCUT2D eigenvalue weighted by molar-refractivity contribution is -0.136. The zero-order chi connectivity index (χ0) is 15.9. The first-order valence-electron chi connectivity index (χ1n) is 6.78. The third-order valence-electron chi connectivity index (χ3n) is 2.46. The molecule has 0 heterocycles. The minimum Gasteiger partial charge on any atom is -0.481 e. The van der Waals surface area contributed by atoms with Crippen LogP contribution in [0, 0.1) is 0 Å². The zero-order valence-electron chi connectivity index (χ0n) is 12.6. The van der Waals surface area contributed by atoms with Crippen LogP contribution in [0.3, 0.4) is 0 Å². The quantitative estimate of drug-likeness (QED) is 0.750. The van der Waals surface area contributed by atoms with Crippen LogP contribution in [0.5, 0.6) is 0 Å². The second-order valence-electron chi connectivity index (χ2n) is 5.62. The molecule has 0 saturated heterocycles. The molecule has 0 aliphatic rings. The number of alkyl carbamates (subject to hydrolysis) is 1. The van der Waals surface area contributed by atoms with E-state index in [0.29, 0.717) is 13.1 Å². The van der Waals surface area contributed by atoms with Crippen LogP contribution in [0.4, 0.5) is 10.5 Å². The molecule has 3 N–H and O–H groups in total. The van der Waals surface area contributed by atoms with Gasteiger partial charge < -0.3 is 20.5 Å². The first kappa shape index (κ1) is 16.8. The van der Waals surface area contributed by atoms with E-state index in [1.165, 1.54) is 0 Å². The van der Waals surface area contributed by atoms with Gasteiger partial charge in [-0.15, -0.1) is 0 Å². The monoisotopic (exact) mass is 294 g/mol. The number of nitrogens with one attached hydrogen (secondary N) is 2. The van der Waals surface area contributed by atoms with Crippen LogP contribution >= 0.6 is 0 Å². The average Bonchev–Trinajstić information content (AvgIpc) is 2.35. The predicted molar refractivity (Wildman–Crippen MR) is 80.3 cm³/mol. The van der Waals surface area contributed by atoms with Gasteiger partial charge in [-0.2, -0.15) is 0 Å². The number of amides is 1. The third kappa shape index (κ3) is 7.81. The van der Waals surface area contributed by atoms with Crippen molar-refractivity contribution in [1.82, 2.24) is 5.32 Å². The summed E-state index contributed by atoms with van der Waals surface area (Å²) in [6.45, 7) is 6.19. The van der Waals surface area contributed by atoms with Crippen molar-refractivity contribution in [2.24, 2.45) is 0 Å². The van der Waals surface area contributed by atoms with Gasteiger partial charge in [-0.1, -0.05) is 12.1 Å². The number of carboxylic acid groups (broad SMARTS) is 1. The Kier molecular flexibility index (Phi) is 6.02. The van der Waals surface area contributed by atoms with E-state index in [2.05, 4.69) is 10.6 Å². The molecule has 0 aliphatic carbocycles. The fourth-order valence-corrected chi connectivity index (χ4v) is 1.54. The Balaban J connectivity index is 2.37. The van der Waals surface area contributed by atoms with E-state index >= 15 is 0 Å².